The van der Waals surface area contributed by atoms with Crippen molar-refractivity contribution >= 4 is 18.8 Å². The van der Waals surface area contributed by atoms with E-state index in [1.807, 2.05) is 0 Å². The number of allylic oxidation sites excluding steroid dienone is 2. The lowest BCUT2D eigenvalue weighted by molar-refractivity contribution is 0.620. The lowest BCUT2D eigenvalue weighted by Crippen LogP contribution is -2.23. The smallest absolute Gasteiger partial charge is 0.169 e. The zero-order chi connectivity index (χ0) is 9.90. The number of rotatable bonds is 1. The summed E-state index contributed by atoms with van der Waals surface area (Å²) >= 11 is 0. The molecule has 0 saturated heterocycles. The number of hydrogen-bond donors (Lipinski definition) is 0. The third-order valence-corrected chi connectivity index (χ3v) is 7.68. The number of fused-ring (bicyclic) bond motifs is 2. The van der Waals surface area contributed by atoms with Gasteiger partial charge in [-0.25, -0.2) is 0 Å². The summed E-state index contributed by atoms with van der Waals surface area (Å²) in [6.07, 6.45) is 9.19. The maximum Gasteiger partial charge on any atom is 0.169 e. The molecule has 0 heterocycles. The first-order chi connectivity index (χ1) is 6.01. The molecule has 1 fully saturated rings. The molecule has 2 rings (SSSR count). The van der Waals surface area contributed by atoms with Gasteiger partial charge in [-0.05, 0) is 50.7 Å². The molecule has 2 bridgehead atoms. The summed E-state index contributed by atoms with van der Waals surface area (Å²) in [7, 11) is -0.160. The fourth-order valence-electron chi connectivity index (χ4n) is 1.72. The van der Waals surface area contributed by atoms with Crippen LogP contribution < -0.4 is 0 Å². The summed E-state index contributed by atoms with van der Waals surface area (Å²) in [4.78, 5) is 0. The van der Waals surface area contributed by atoms with Crippen LogP contribution in [0, 0.1) is 11.8 Å². The molecule has 0 N–H and O–H groups in total. The highest BCUT2D eigenvalue weighted by atomic mass is 28.4. The topological polar surface area (TPSA) is 9.23 Å². The summed E-state index contributed by atoms with van der Waals surface area (Å²) in [5.74, 6) is 1.98. The van der Waals surface area contributed by atoms with Crippen LogP contribution in [0.2, 0.25) is 19.6 Å². The molecule has 0 aromatic carbocycles. The SMILES string of the molecule is C1=CC2CCC1C2.C[Si](C)(C)O[SiH3]. The Hall–Kier alpha value is 0.134. The minimum absolute atomic E-state index is 0.910. The van der Waals surface area contributed by atoms with Gasteiger partial charge in [0, 0.05) is 0 Å². The Bertz CT molecular complexity index is 172. The molecule has 13 heavy (non-hydrogen) atoms. The molecule has 0 aromatic rings. The zero-order valence-corrected chi connectivity index (χ0v) is 12.3. The van der Waals surface area contributed by atoms with Crippen molar-refractivity contribution in [2.75, 3.05) is 0 Å². The molecule has 0 aliphatic heterocycles. The maximum absolute atomic E-state index is 5.22. The Morgan fingerprint density at radius 2 is 1.54 bits per heavy atom. The van der Waals surface area contributed by atoms with Gasteiger partial charge in [-0.3, -0.25) is 0 Å². The largest absolute Gasteiger partial charge is 0.464 e. The van der Waals surface area contributed by atoms with E-state index in [2.05, 4.69) is 31.8 Å². The van der Waals surface area contributed by atoms with Gasteiger partial charge in [0.05, 0.1) is 0 Å². The Morgan fingerprint density at radius 1 is 1.15 bits per heavy atom. The zero-order valence-electron chi connectivity index (χ0n) is 9.34. The molecule has 2 unspecified atom stereocenters. The molecule has 1 saturated carbocycles. The predicted octanol–water partition coefficient (Wildman–Crippen LogP) is 2.09. The van der Waals surface area contributed by atoms with Crippen LogP contribution in [-0.2, 0) is 4.12 Å². The number of hydrogen-bond acceptors (Lipinski definition) is 1. The third kappa shape index (κ3) is 4.24. The monoisotopic (exact) mass is 214 g/mol. The van der Waals surface area contributed by atoms with Gasteiger partial charge in [0.1, 0.15) is 10.5 Å². The van der Waals surface area contributed by atoms with Crippen LogP contribution >= 0.6 is 0 Å². The fraction of sp³-hybridized carbons (Fsp3) is 0.800. The molecular formula is C10H22OSi2. The van der Waals surface area contributed by atoms with Crippen molar-refractivity contribution in [3.63, 3.8) is 0 Å². The van der Waals surface area contributed by atoms with E-state index in [9.17, 15) is 0 Å². The summed E-state index contributed by atoms with van der Waals surface area (Å²) in [6, 6.07) is 0. The van der Waals surface area contributed by atoms with Gasteiger partial charge in [0.2, 0.25) is 0 Å². The minimum Gasteiger partial charge on any atom is -0.464 e. The second kappa shape index (κ2) is 4.57. The normalized spacial score (nSPS) is 30.4. The highest BCUT2D eigenvalue weighted by Gasteiger charge is 2.25. The molecule has 0 aromatic heterocycles. The molecule has 0 amide bonds. The van der Waals surface area contributed by atoms with E-state index in [0.717, 1.165) is 22.3 Å². The Morgan fingerprint density at radius 3 is 1.62 bits per heavy atom. The van der Waals surface area contributed by atoms with E-state index in [0.29, 0.717) is 0 Å². The second-order valence-electron chi connectivity index (χ2n) is 5.03. The van der Waals surface area contributed by atoms with Crippen LogP contribution in [0.3, 0.4) is 0 Å². The van der Waals surface area contributed by atoms with Gasteiger partial charge in [0.25, 0.3) is 0 Å². The van der Waals surface area contributed by atoms with Crippen LogP contribution in [0.15, 0.2) is 12.2 Å². The molecule has 2 aliphatic rings. The molecule has 0 radical (unpaired) electrons. The van der Waals surface area contributed by atoms with Crippen molar-refractivity contribution in [3.05, 3.63) is 12.2 Å². The average molecular weight is 214 g/mol. The van der Waals surface area contributed by atoms with E-state index in [1.54, 1.807) is 0 Å². The van der Waals surface area contributed by atoms with Crippen LogP contribution in [0.4, 0.5) is 0 Å². The Balaban J connectivity index is 0.000000133. The second-order valence-corrected chi connectivity index (χ2v) is 10.9. The highest BCUT2D eigenvalue weighted by molar-refractivity contribution is 6.72. The standard InChI is InChI=1S/C7H10.C3H12OSi2/c1-2-7-4-3-6(1)5-7;1-6(2,3)4-5/h1-2,6-7H,3-5H2;1-3,5H3. The quantitative estimate of drug-likeness (QED) is 0.480. The minimum atomic E-state index is -1.07. The first-order valence-corrected chi connectivity index (χ1v) is 9.47. The molecule has 3 heteroatoms. The van der Waals surface area contributed by atoms with E-state index in [-0.39, 0.29) is 0 Å². The highest BCUT2D eigenvalue weighted by Crippen LogP contribution is 2.38. The van der Waals surface area contributed by atoms with Crippen molar-refractivity contribution in [1.82, 2.24) is 0 Å². The van der Waals surface area contributed by atoms with Crippen molar-refractivity contribution in [2.24, 2.45) is 11.8 Å². The van der Waals surface area contributed by atoms with Crippen LogP contribution in [0.1, 0.15) is 19.3 Å². The van der Waals surface area contributed by atoms with Gasteiger partial charge < -0.3 is 4.12 Å². The van der Waals surface area contributed by atoms with Crippen molar-refractivity contribution in [2.45, 2.75) is 38.9 Å². The third-order valence-electron chi connectivity index (χ3n) is 2.78. The van der Waals surface area contributed by atoms with Gasteiger partial charge >= 0.3 is 0 Å². The molecular weight excluding hydrogens is 192 g/mol. The summed E-state index contributed by atoms with van der Waals surface area (Å²) in [5.41, 5.74) is 0. The molecule has 76 valence electrons. The van der Waals surface area contributed by atoms with E-state index in [1.165, 1.54) is 19.3 Å². The van der Waals surface area contributed by atoms with Crippen LogP contribution in [0.5, 0.6) is 0 Å². The van der Waals surface area contributed by atoms with Crippen LogP contribution in [-0.4, -0.2) is 18.8 Å². The fourth-order valence-corrected chi connectivity index (χ4v) is 1.72. The first kappa shape index (κ1) is 11.2. The van der Waals surface area contributed by atoms with Gasteiger partial charge in [-0.2, -0.15) is 0 Å². The molecule has 0 spiro atoms. The average Bonchev–Trinajstić information content (AvgIpc) is 2.66. The van der Waals surface area contributed by atoms with Crippen LogP contribution in [0.25, 0.3) is 0 Å². The summed E-state index contributed by atoms with van der Waals surface area (Å²) in [5, 5.41) is 0. The van der Waals surface area contributed by atoms with Crippen molar-refractivity contribution < 1.29 is 4.12 Å². The predicted molar refractivity (Wildman–Crippen MR) is 64.3 cm³/mol. The van der Waals surface area contributed by atoms with Gasteiger partial charge in [-0.15, -0.1) is 0 Å². The lowest BCUT2D eigenvalue weighted by Gasteiger charge is -2.11. The lowest BCUT2D eigenvalue weighted by atomic mass is 10.1. The van der Waals surface area contributed by atoms with E-state index < -0.39 is 8.32 Å². The molecule has 1 nitrogen and oxygen atoms in total. The molecule has 2 atom stereocenters. The van der Waals surface area contributed by atoms with Crippen molar-refractivity contribution in [1.29, 1.82) is 0 Å². The summed E-state index contributed by atoms with van der Waals surface area (Å²) < 4.78 is 5.22. The summed E-state index contributed by atoms with van der Waals surface area (Å²) in [6.45, 7) is 6.58. The van der Waals surface area contributed by atoms with E-state index >= 15 is 0 Å². The Labute approximate surface area is 86.2 Å². The van der Waals surface area contributed by atoms with Crippen molar-refractivity contribution in [3.8, 4) is 0 Å². The first-order valence-electron chi connectivity index (χ1n) is 5.25. The molecule has 2 aliphatic carbocycles. The van der Waals surface area contributed by atoms with Gasteiger partial charge in [-0.1, -0.05) is 12.2 Å². The van der Waals surface area contributed by atoms with E-state index in [4.69, 9.17) is 4.12 Å². The van der Waals surface area contributed by atoms with Gasteiger partial charge in [0.15, 0.2) is 8.32 Å². The Kier molecular flexibility index (Phi) is 3.94. The maximum atomic E-state index is 5.22.